The highest BCUT2D eigenvalue weighted by Crippen LogP contribution is 2.29. The number of methoxy groups -OCH3 is 1. The molecule has 0 bridgehead atoms. The number of carbonyl (C=O) groups is 1. The number of ether oxygens (including phenoxy) is 1. The number of amides is 1. The summed E-state index contributed by atoms with van der Waals surface area (Å²) in [5, 5.41) is 2.72. The predicted octanol–water partition coefficient (Wildman–Crippen LogP) is 2.12. The molecule has 1 aliphatic carbocycles. The largest absolute Gasteiger partial charge is 0.495 e. The number of benzene rings is 1. The average molecular weight is 326 g/mol. The summed E-state index contributed by atoms with van der Waals surface area (Å²) < 4.78 is 32.3. The van der Waals surface area contributed by atoms with Crippen LogP contribution in [-0.4, -0.2) is 27.5 Å². The minimum absolute atomic E-state index is 0.0334. The molecule has 6 nitrogen and oxygen atoms in total. The standard InChI is InChI=1S/C15H22N2O4S/c1-10(2)8-15(18)16-13-9-12(6-7-14(13)21-3)22(19,20)17-11-4-5-11/h6-7,9-11,17H,4-5,8H2,1-3H3,(H,16,18). The molecule has 0 aliphatic heterocycles. The maximum absolute atomic E-state index is 12.2. The van der Waals surface area contributed by atoms with Gasteiger partial charge in [0.05, 0.1) is 17.7 Å². The molecule has 0 saturated heterocycles. The Morgan fingerprint density at radius 1 is 1.36 bits per heavy atom. The first-order valence-electron chi connectivity index (χ1n) is 7.32. The Labute approximate surface area is 131 Å². The highest BCUT2D eigenvalue weighted by molar-refractivity contribution is 7.89. The zero-order valence-corrected chi connectivity index (χ0v) is 13.9. The Morgan fingerprint density at radius 3 is 2.59 bits per heavy atom. The van der Waals surface area contributed by atoms with E-state index < -0.39 is 10.0 Å². The van der Waals surface area contributed by atoms with Crippen LogP contribution in [0.5, 0.6) is 5.75 Å². The van der Waals surface area contributed by atoms with Crippen LogP contribution >= 0.6 is 0 Å². The third kappa shape index (κ3) is 4.45. The topological polar surface area (TPSA) is 84.5 Å². The summed E-state index contributed by atoms with van der Waals surface area (Å²) in [6, 6.07) is 4.49. The highest BCUT2D eigenvalue weighted by Gasteiger charge is 2.28. The van der Waals surface area contributed by atoms with Crippen LogP contribution in [0.15, 0.2) is 23.1 Å². The molecule has 1 amide bonds. The summed E-state index contributed by atoms with van der Waals surface area (Å²) in [7, 11) is -2.08. The van der Waals surface area contributed by atoms with Crippen molar-refractivity contribution in [1.82, 2.24) is 4.72 Å². The number of hydrogen-bond acceptors (Lipinski definition) is 4. The van der Waals surface area contributed by atoms with Gasteiger partial charge in [0.25, 0.3) is 0 Å². The van der Waals surface area contributed by atoms with Crippen LogP contribution < -0.4 is 14.8 Å². The summed E-state index contributed by atoms with van der Waals surface area (Å²) in [6.45, 7) is 3.88. The Morgan fingerprint density at radius 2 is 2.05 bits per heavy atom. The molecule has 0 heterocycles. The van der Waals surface area contributed by atoms with Crippen molar-refractivity contribution in [3.63, 3.8) is 0 Å². The van der Waals surface area contributed by atoms with Crippen LogP contribution in [-0.2, 0) is 14.8 Å². The summed E-state index contributed by atoms with van der Waals surface area (Å²) in [4.78, 5) is 12.0. The Balaban J connectivity index is 2.23. The number of nitrogens with one attached hydrogen (secondary N) is 2. The lowest BCUT2D eigenvalue weighted by atomic mass is 10.1. The minimum Gasteiger partial charge on any atom is -0.495 e. The fourth-order valence-electron chi connectivity index (χ4n) is 2.01. The molecule has 122 valence electrons. The zero-order valence-electron chi connectivity index (χ0n) is 13.0. The molecule has 7 heteroatoms. The summed E-state index contributed by atoms with van der Waals surface area (Å²) >= 11 is 0. The SMILES string of the molecule is COc1ccc(S(=O)(=O)NC2CC2)cc1NC(=O)CC(C)C. The molecular formula is C15H22N2O4S. The van der Waals surface area contributed by atoms with Gasteiger partial charge in [0, 0.05) is 12.5 Å². The van der Waals surface area contributed by atoms with Crippen molar-refractivity contribution in [2.24, 2.45) is 5.92 Å². The van der Waals surface area contributed by atoms with Gasteiger partial charge < -0.3 is 10.1 Å². The zero-order chi connectivity index (χ0) is 16.3. The average Bonchev–Trinajstić information content (AvgIpc) is 3.20. The third-order valence-corrected chi connectivity index (χ3v) is 4.77. The van der Waals surface area contributed by atoms with Crippen molar-refractivity contribution in [3.05, 3.63) is 18.2 Å². The van der Waals surface area contributed by atoms with Crippen LogP contribution in [0.25, 0.3) is 0 Å². The van der Waals surface area contributed by atoms with E-state index in [1.807, 2.05) is 13.8 Å². The Hall–Kier alpha value is -1.60. The molecule has 1 aromatic carbocycles. The number of sulfonamides is 1. The van der Waals surface area contributed by atoms with Gasteiger partial charge in [-0.3, -0.25) is 4.79 Å². The first kappa shape index (κ1) is 16.8. The molecule has 0 unspecified atom stereocenters. The lowest BCUT2D eigenvalue weighted by Gasteiger charge is -2.13. The lowest BCUT2D eigenvalue weighted by Crippen LogP contribution is -2.26. The number of anilines is 1. The molecule has 0 aromatic heterocycles. The summed E-state index contributed by atoms with van der Waals surface area (Å²) in [6.07, 6.45) is 2.10. The summed E-state index contributed by atoms with van der Waals surface area (Å²) in [5.41, 5.74) is 0.367. The molecule has 1 fully saturated rings. The maximum atomic E-state index is 12.2. The van der Waals surface area contributed by atoms with Crippen LogP contribution in [0.1, 0.15) is 33.1 Å². The van der Waals surface area contributed by atoms with Crippen LogP contribution in [0, 0.1) is 5.92 Å². The quantitative estimate of drug-likeness (QED) is 0.804. The van der Waals surface area contributed by atoms with E-state index >= 15 is 0 Å². The van der Waals surface area contributed by atoms with Gasteiger partial charge in [-0.2, -0.15) is 0 Å². The van der Waals surface area contributed by atoms with Crippen molar-refractivity contribution in [1.29, 1.82) is 0 Å². The van der Waals surface area contributed by atoms with E-state index in [1.165, 1.54) is 19.2 Å². The van der Waals surface area contributed by atoms with Gasteiger partial charge in [-0.15, -0.1) is 0 Å². The van der Waals surface area contributed by atoms with E-state index in [-0.39, 0.29) is 22.8 Å². The van der Waals surface area contributed by atoms with Crippen molar-refractivity contribution in [2.75, 3.05) is 12.4 Å². The predicted molar refractivity (Wildman–Crippen MR) is 84.4 cm³/mol. The smallest absolute Gasteiger partial charge is 0.240 e. The first-order chi connectivity index (χ1) is 10.3. The van der Waals surface area contributed by atoms with Gasteiger partial charge in [0.1, 0.15) is 5.75 Å². The second-order valence-electron chi connectivity index (χ2n) is 5.90. The highest BCUT2D eigenvalue weighted by atomic mass is 32.2. The molecule has 1 saturated carbocycles. The third-order valence-electron chi connectivity index (χ3n) is 3.25. The van der Waals surface area contributed by atoms with E-state index in [0.29, 0.717) is 17.9 Å². The Bertz CT molecular complexity index is 652. The van der Waals surface area contributed by atoms with Crippen molar-refractivity contribution in [2.45, 2.75) is 44.0 Å². The van der Waals surface area contributed by atoms with E-state index in [0.717, 1.165) is 12.8 Å². The van der Waals surface area contributed by atoms with Gasteiger partial charge in [-0.1, -0.05) is 13.8 Å². The van der Waals surface area contributed by atoms with Crippen molar-refractivity contribution < 1.29 is 17.9 Å². The van der Waals surface area contributed by atoms with E-state index in [9.17, 15) is 13.2 Å². The number of carbonyl (C=O) groups excluding carboxylic acids is 1. The van der Waals surface area contributed by atoms with E-state index in [2.05, 4.69) is 10.0 Å². The van der Waals surface area contributed by atoms with Crippen LogP contribution in [0.3, 0.4) is 0 Å². The van der Waals surface area contributed by atoms with Gasteiger partial charge >= 0.3 is 0 Å². The van der Waals surface area contributed by atoms with Gasteiger partial charge in [-0.25, -0.2) is 13.1 Å². The second-order valence-corrected chi connectivity index (χ2v) is 7.62. The molecule has 0 atom stereocenters. The molecule has 2 rings (SSSR count). The molecule has 0 radical (unpaired) electrons. The minimum atomic E-state index is -3.56. The van der Waals surface area contributed by atoms with Crippen LogP contribution in [0.4, 0.5) is 5.69 Å². The Kier molecular flexibility index (Phi) is 5.08. The van der Waals surface area contributed by atoms with Gasteiger partial charge in [0.15, 0.2) is 0 Å². The first-order valence-corrected chi connectivity index (χ1v) is 8.80. The number of rotatable bonds is 7. The monoisotopic (exact) mass is 326 g/mol. The molecule has 0 spiro atoms. The van der Waals surface area contributed by atoms with Crippen LogP contribution in [0.2, 0.25) is 0 Å². The molecular weight excluding hydrogens is 304 g/mol. The molecule has 1 aromatic rings. The molecule has 22 heavy (non-hydrogen) atoms. The fraction of sp³-hybridized carbons (Fsp3) is 0.533. The normalized spacial score (nSPS) is 14.9. The second kappa shape index (κ2) is 6.66. The van der Waals surface area contributed by atoms with Crippen molar-refractivity contribution >= 4 is 21.6 Å². The van der Waals surface area contributed by atoms with Gasteiger partial charge in [-0.05, 0) is 37.0 Å². The van der Waals surface area contributed by atoms with Crippen molar-refractivity contribution in [3.8, 4) is 5.75 Å². The van der Waals surface area contributed by atoms with Gasteiger partial charge in [0.2, 0.25) is 15.9 Å². The fourth-order valence-corrected chi connectivity index (χ4v) is 3.34. The maximum Gasteiger partial charge on any atom is 0.240 e. The lowest BCUT2D eigenvalue weighted by molar-refractivity contribution is -0.116. The number of hydrogen-bond donors (Lipinski definition) is 2. The summed E-state index contributed by atoms with van der Waals surface area (Å²) in [5.74, 6) is 0.481. The molecule has 1 aliphatic rings. The van der Waals surface area contributed by atoms with E-state index in [4.69, 9.17) is 4.74 Å². The van der Waals surface area contributed by atoms with E-state index in [1.54, 1.807) is 6.07 Å². The molecule has 2 N–H and O–H groups in total.